The van der Waals surface area contributed by atoms with Gasteiger partial charge < -0.3 is 19.7 Å². The number of carbonyl (C=O) groups is 3. The summed E-state index contributed by atoms with van der Waals surface area (Å²) < 4.78 is 10.2. The van der Waals surface area contributed by atoms with Gasteiger partial charge in [-0.25, -0.2) is 0 Å². The first-order chi connectivity index (χ1) is 13.5. The summed E-state index contributed by atoms with van der Waals surface area (Å²) in [4.78, 5) is 38.3. The summed E-state index contributed by atoms with van der Waals surface area (Å²) in [6.07, 6.45) is -0.155. The summed E-state index contributed by atoms with van der Waals surface area (Å²) in [6, 6.07) is 14.2. The van der Waals surface area contributed by atoms with E-state index in [1.165, 1.54) is 14.0 Å². The SMILES string of the molecule is COc1ccc(C(=O)NCC(=O)O[C@H](C)C(=O)N2CCc3ccccc32)cc1. The lowest BCUT2D eigenvalue weighted by Crippen LogP contribution is -2.41. The lowest BCUT2D eigenvalue weighted by Gasteiger charge is -2.21. The Morgan fingerprint density at radius 1 is 1.11 bits per heavy atom. The van der Waals surface area contributed by atoms with Gasteiger partial charge in [0.25, 0.3) is 11.8 Å². The van der Waals surface area contributed by atoms with E-state index >= 15 is 0 Å². The quantitative estimate of drug-likeness (QED) is 0.772. The van der Waals surface area contributed by atoms with E-state index < -0.39 is 18.0 Å². The number of rotatable bonds is 6. The Morgan fingerprint density at radius 2 is 1.82 bits per heavy atom. The van der Waals surface area contributed by atoms with Crippen LogP contribution in [0.2, 0.25) is 0 Å². The van der Waals surface area contributed by atoms with Crippen LogP contribution >= 0.6 is 0 Å². The van der Waals surface area contributed by atoms with Crippen LogP contribution in [0.3, 0.4) is 0 Å². The summed E-state index contributed by atoms with van der Waals surface area (Å²) in [6.45, 7) is 1.78. The number of hydrogen-bond donors (Lipinski definition) is 1. The molecule has 28 heavy (non-hydrogen) atoms. The van der Waals surface area contributed by atoms with Crippen LogP contribution in [0.1, 0.15) is 22.8 Å². The molecule has 1 aliphatic rings. The standard InChI is InChI=1S/C21H22N2O5/c1-14(21(26)23-12-11-15-5-3-4-6-18(15)23)28-19(24)13-22-20(25)16-7-9-17(27-2)10-8-16/h3-10,14H,11-13H2,1-2H3,(H,22,25)/t14-/m1/s1. The van der Waals surface area contributed by atoms with Crippen LogP contribution < -0.4 is 15.0 Å². The van der Waals surface area contributed by atoms with Gasteiger partial charge in [-0.05, 0) is 49.2 Å². The lowest BCUT2D eigenvalue weighted by molar-refractivity contribution is -0.152. The summed E-state index contributed by atoms with van der Waals surface area (Å²) >= 11 is 0. The number of hydrogen-bond acceptors (Lipinski definition) is 5. The number of esters is 1. The van der Waals surface area contributed by atoms with Gasteiger partial charge in [0.1, 0.15) is 12.3 Å². The molecule has 1 N–H and O–H groups in total. The molecule has 0 saturated carbocycles. The number of anilines is 1. The molecule has 1 aliphatic heterocycles. The van der Waals surface area contributed by atoms with Gasteiger partial charge >= 0.3 is 5.97 Å². The van der Waals surface area contributed by atoms with Crippen LogP contribution in [0.25, 0.3) is 0 Å². The first kappa shape index (κ1) is 19.4. The van der Waals surface area contributed by atoms with E-state index in [4.69, 9.17) is 9.47 Å². The molecule has 2 amide bonds. The number of methoxy groups -OCH3 is 1. The molecule has 146 valence electrons. The summed E-state index contributed by atoms with van der Waals surface area (Å²) in [5.74, 6) is -0.728. The molecule has 2 aromatic carbocycles. The van der Waals surface area contributed by atoms with Gasteiger partial charge in [0.2, 0.25) is 0 Å². The minimum atomic E-state index is -0.934. The Kier molecular flexibility index (Phi) is 5.93. The third-order valence-electron chi connectivity index (χ3n) is 4.55. The Balaban J connectivity index is 1.50. The minimum Gasteiger partial charge on any atom is -0.497 e. The molecule has 3 rings (SSSR count). The molecule has 0 aromatic heterocycles. The van der Waals surface area contributed by atoms with Crippen LogP contribution in [0.4, 0.5) is 5.69 Å². The topological polar surface area (TPSA) is 84.9 Å². The summed E-state index contributed by atoms with van der Waals surface area (Å²) in [7, 11) is 1.54. The predicted octanol–water partition coefficient (Wildman–Crippen LogP) is 1.95. The molecule has 1 heterocycles. The van der Waals surface area contributed by atoms with Crippen molar-refractivity contribution in [1.29, 1.82) is 0 Å². The zero-order valence-corrected chi connectivity index (χ0v) is 15.8. The van der Waals surface area contributed by atoms with Crippen LogP contribution in [0.5, 0.6) is 5.75 Å². The molecule has 0 fully saturated rings. The van der Waals surface area contributed by atoms with Crippen molar-refractivity contribution in [2.75, 3.05) is 25.1 Å². The zero-order valence-electron chi connectivity index (χ0n) is 15.8. The molecular weight excluding hydrogens is 360 g/mol. The molecule has 0 aliphatic carbocycles. The van der Waals surface area contributed by atoms with Crippen molar-refractivity contribution in [3.8, 4) is 5.75 Å². The maximum Gasteiger partial charge on any atom is 0.326 e. The van der Waals surface area contributed by atoms with Crippen molar-refractivity contribution < 1.29 is 23.9 Å². The highest BCUT2D eigenvalue weighted by Gasteiger charge is 2.29. The van der Waals surface area contributed by atoms with Crippen LogP contribution in [-0.4, -0.2) is 44.1 Å². The Labute approximate surface area is 163 Å². The second kappa shape index (κ2) is 8.56. The maximum absolute atomic E-state index is 12.6. The zero-order chi connectivity index (χ0) is 20.1. The number of amides is 2. The third kappa shape index (κ3) is 4.31. The van der Waals surface area contributed by atoms with Crippen molar-refractivity contribution in [1.82, 2.24) is 5.32 Å². The Bertz CT molecular complexity index is 879. The van der Waals surface area contributed by atoms with Gasteiger partial charge in [0.05, 0.1) is 7.11 Å². The average molecular weight is 382 g/mol. The maximum atomic E-state index is 12.6. The van der Waals surface area contributed by atoms with Crippen LogP contribution in [0.15, 0.2) is 48.5 Å². The van der Waals surface area contributed by atoms with E-state index in [-0.39, 0.29) is 12.5 Å². The van der Waals surface area contributed by atoms with E-state index in [1.807, 2.05) is 24.3 Å². The second-order valence-corrected chi connectivity index (χ2v) is 6.41. The van der Waals surface area contributed by atoms with E-state index in [9.17, 15) is 14.4 Å². The van der Waals surface area contributed by atoms with E-state index in [0.29, 0.717) is 17.9 Å². The van der Waals surface area contributed by atoms with Crippen LogP contribution in [-0.2, 0) is 20.7 Å². The van der Waals surface area contributed by atoms with Crippen LogP contribution in [0, 0.1) is 0 Å². The number of ether oxygens (including phenoxy) is 2. The average Bonchev–Trinajstić information content (AvgIpc) is 3.15. The number of carbonyl (C=O) groups excluding carboxylic acids is 3. The molecule has 0 radical (unpaired) electrons. The van der Waals surface area contributed by atoms with Gasteiger partial charge in [0.15, 0.2) is 6.10 Å². The highest BCUT2D eigenvalue weighted by molar-refractivity contribution is 5.99. The molecule has 0 unspecified atom stereocenters. The van der Waals surface area contributed by atoms with Crippen molar-refractivity contribution in [2.24, 2.45) is 0 Å². The highest BCUT2D eigenvalue weighted by Crippen LogP contribution is 2.28. The van der Waals surface area contributed by atoms with E-state index in [2.05, 4.69) is 5.32 Å². The predicted molar refractivity (Wildman–Crippen MR) is 103 cm³/mol. The fraction of sp³-hybridized carbons (Fsp3) is 0.286. The van der Waals surface area contributed by atoms with Crippen molar-refractivity contribution >= 4 is 23.5 Å². The molecule has 2 aromatic rings. The molecule has 0 spiro atoms. The summed E-state index contributed by atoms with van der Waals surface area (Å²) in [5.41, 5.74) is 2.34. The van der Waals surface area contributed by atoms with Crippen molar-refractivity contribution in [2.45, 2.75) is 19.4 Å². The first-order valence-electron chi connectivity index (χ1n) is 9.00. The van der Waals surface area contributed by atoms with Gasteiger partial charge in [-0.15, -0.1) is 0 Å². The lowest BCUT2D eigenvalue weighted by atomic mass is 10.2. The minimum absolute atomic E-state index is 0.278. The molecule has 1 atom stereocenters. The fourth-order valence-corrected chi connectivity index (χ4v) is 3.07. The van der Waals surface area contributed by atoms with Gasteiger partial charge in [-0.2, -0.15) is 0 Å². The van der Waals surface area contributed by atoms with Crippen molar-refractivity contribution in [3.63, 3.8) is 0 Å². The number of nitrogens with one attached hydrogen (secondary N) is 1. The molecule has 0 bridgehead atoms. The highest BCUT2D eigenvalue weighted by atomic mass is 16.5. The largest absolute Gasteiger partial charge is 0.497 e. The second-order valence-electron chi connectivity index (χ2n) is 6.41. The molecular formula is C21H22N2O5. The number of benzene rings is 2. The number of fused-ring (bicyclic) bond motifs is 1. The normalized spacial score (nSPS) is 13.4. The van der Waals surface area contributed by atoms with Gasteiger partial charge in [-0.1, -0.05) is 18.2 Å². The number of para-hydroxylation sites is 1. The first-order valence-corrected chi connectivity index (χ1v) is 9.00. The van der Waals surface area contributed by atoms with E-state index in [0.717, 1.165) is 17.7 Å². The Hall–Kier alpha value is -3.35. The molecule has 0 saturated heterocycles. The monoisotopic (exact) mass is 382 g/mol. The third-order valence-corrected chi connectivity index (χ3v) is 4.55. The number of nitrogens with zero attached hydrogens (tertiary/aromatic N) is 1. The molecule has 7 heteroatoms. The van der Waals surface area contributed by atoms with Crippen molar-refractivity contribution in [3.05, 3.63) is 59.7 Å². The van der Waals surface area contributed by atoms with E-state index in [1.54, 1.807) is 29.2 Å². The van der Waals surface area contributed by atoms with Gasteiger partial charge in [0, 0.05) is 17.8 Å². The smallest absolute Gasteiger partial charge is 0.326 e. The molecule has 7 nitrogen and oxygen atoms in total. The summed E-state index contributed by atoms with van der Waals surface area (Å²) in [5, 5.41) is 2.49. The Morgan fingerprint density at radius 3 is 2.54 bits per heavy atom. The fourth-order valence-electron chi connectivity index (χ4n) is 3.07. The van der Waals surface area contributed by atoms with Gasteiger partial charge in [-0.3, -0.25) is 14.4 Å².